The standard InChI is InChI=1S/C10H10N4O5S/c1-13(20(2,18)19)9-10(15)12-8-5-6(14(16)17)3-4-7(8)11-9/h3-5H,1-2H3,(H,12,15). The first-order valence-electron chi connectivity index (χ1n) is 5.32. The molecule has 0 saturated carbocycles. The van der Waals surface area contributed by atoms with Crippen LogP contribution in [-0.4, -0.2) is 36.6 Å². The third kappa shape index (κ3) is 2.45. The summed E-state index contributed by atoms with van der Waals surface area (Å²) in [7, 11) is -2.43. The molecule has 0 saturated heterocycles. The summed E-state index contributed by atoms with van der Waals surface area (Å²) in [5, 5.41) is 10.6. The van der Waals surface area contributed by atoms with E-state index in [0.29, 0.717) is 0 Å². The van der Waals surface area contributed by atoms with Gasteiger partial charge in [0.1, 0.15) is 0 Å². The SMILES string of the molecule is CN(c1nc2ccc([N+](=O)[O-])cc2[nH]c1=O)S(C)(=O)=O. The molecule has 0 radical (unpaired) electrons. The maximum atomic E-state index is 11.8. The number of nitro groups is 1. The first-order valence-corrected chi connectivity index (χ1v) is 7.17. The average Bonchev–Trinajstić information content (AvgIpc) is 2.35. The maximum Gasteiger partial charge on any atom is 0.292 e. The molecule has 0 unspecified atom stereocenters. The molecule has 0 amide bonds. The van der Waals surface area contributed by atoms with Crippen molar-refractivity contribution in [3.8, 4) is 0 Å². The summed E-state index contributed by atoms with van der Waals surface area (Å²) >= 11 is 0. The lowest BCUT2D eigenvalue weighted by Crippen LogP contribution is -2.31. The van der Waals surface area contributed by atoms with Gasteiger partial charge in [-0.3, -0.25) is 19.2 Å². The van der Waals surface area contributed by atoms with Crippen LogP contribution in [0.5, 0.6) is 0 Å². The normalized spacial score (nSPS) is 11.5. The molecule has 0 aliphatic carbocycles. The highest BCUT2D eigenvalue weighted by atomic mass is 32.2. The van der Waals surface area contributed by atoms with Crippen molar-refractivity contribution in [2.45, 2.75) is 0 Å². The third-order valence-corrected chi connectivity index (χ3v) is 3.83. The predicted octanol–water partition coefficient (Wildman–Crippen LogP) is 0.227. The van der Waals surface area contributed by atoms with Crippen LogP contribution in [0.4, 0.5) is 11.5 Å². The van der Waals surface area contributed by atoms with Crippen LogP contribution in [0.25, 0.3) is 11.0 Å². The molecular weight excluding hydrogens is 288 g/mol. The van der Waals surface area contributed by atoms with Crippen LogP contribution < -0.4 is 9.86 Å². The van der Waals surface area contributed by atoms with E-state index in [2.05, 4.69) is 9.97 Å². The van der Waals surface area contributed by atoms with Crippen molar-refractivity contribution in [2.75, 3.05) is 17.6 Å². The van der Waals surface area contributed by atoms with Crippen molar-refractivity contribution < 1.29 is 13.3 Å². The number of sulfonamides is 1. The van der Waals surface area contributed by atoms with Crippen molar-refractivity contribution in [1.82, 2.24) is 9.97 Å². The third-order valence-electron chi connectivity index (χ3n) is 2.66. The number of fused-ring (bicyclic) bond motifs is 1. The zero-order valence-corrected chi connectivity index (χ0v) is 11.3. The van der Waals surface area contributed by atoms with Gasteiger partial charge in [-0.05, 0) is 6.07 Å². The second-order valence-corrected chi connectivity index (χ2v) is 6.09. The number of rotatable bonds is 3. The maximum absolute atomic E-state index is 11.8. The van der Waals surface area contributed by atoms with E-state index in [9.17, 15) is 23.3 Å². The van der Waals surface area contributed by atoms with Crippen LogP contribution in [0.2, 0.25) is 0 Å². The molecule has 0 aliphatic heterocycles. The molecule has 0 fully saturated rings. The number of hydrogen-bond acceptors (Lipinski definition) is 6. The Hall–Kier alpha value is -2.49. The number of non-ortho nitro benzene ring substituents is 1. The highest BCUT2D eigenvalue weighted by molar-refractivity contribution is 7.92. The summed E-state index contributed by atoms with van der Waals surface area (Å²) < 4.78 is 23.6. The average molecular weight is 298 g/mol. The number of nitro benzene ring substituents is 1. The summed E-state index contributed by atoms with van der Waals surface area (Å²) in [6, 6.07) is 3.72. The Kier molecular flexibility index (Phi) is 3.18. The summed E-state index contributed by atoms with van der Waals surface area (Å²) in [6.45, 7) is 0. The predicted molar refractivity (Wildman–Crippen MR) is 72.3 cm³/mol. The molecule has 0 atom stereocenters. The summed E-state index contributed by atoms with van der Waals surface area (Å²) in [4.78, 5) is 28.1. The second kappa shape index (κ2) is 4.56. The van der Waals surface area contributed by atoms with Crippen molar-refractivity contribution in [3.63, 3.8) is 0 Å². The van der Waals surface area contributed by atoms with Crippen molar-refractivity contribution in [2.24, 2.45) is 0 Å². The van der Waals surface area contributed by atoms with Gasteiger partial charge in [0.25, 0.3) is 11.2 Å². The van der Waals surface area contributed by atoms with Crippen molar-refractivity contribution in [3.05, 3.63) is 38.7 Å². The van der Waals surface area contributed by atoms with Crippen LogP contribution in [0.3, 0.4) is 0 Å². The van der Waals surface area contributed by atoms with E-state index >= 15 is 0 Å². The van der Waals surface area contributed by atoms with Crippen molar-refractivity contribution >= 4 is 32.6 Å². The largest absolute Gasteiger partial charge is 0.317 e. The van der Waals surface area contributed by atoms with Crippen LogP contribution in [0, 0.1) is 10.1 Å². The molecule has 20 heavy (non-hydrogen) atoms. The number of benzene rings is 1. The Balaban J connectivity index is 2.68. The van der Waals surface area contributed by atoms with Gasteiger partial charge in [0.2, 0.25) is 15.8 Å². The van der Waals surface area contributed by atoms with Crippen LogP contribution >= 0.6 is 0 Å². The molecule has 0 aliphatic rings. The molecule has 1 aromatic carbocycles. The molecule has 0 spiro atoms. The molecule has 10 heteroatoms. The zero-order valence-electron chi connectivity index (χ0n) is 10.5. The highest BCUT2D eigenvalue weighted by Crippen LogP contribution is 2.18. The zero-order chi connectivity index (χ0) is 15.1. The lowest BCUT2D eigenvalue weighted by Gasteiger charge is -2.14. The molecule has 1 heterocycles. The first kappa shape index (κ1) is 13.9. The minimum Gasteiger partial charge on any atom is -0.317 e. The van der Waals surface area contributed by atoms with Crippen LogP contribution in [0.1, 0.15) is 0 Å². The fourth-order valence-corrected chi connectivity index (χ4v) is 1.99. The Morgan fingerprint density at radius 2 is 2.05 bits per heavy atom. The van der Waals surface area contributed by atoms with Gasteiger partial charge in [-0.15, -0.1) is 0 Å². The molecule has 1 N–H and O–H groups in total. The van der Waals surface area contributed by atoms with E-state index in [1.54, 1.807) is 0 Å². The van der Waals surface area contributed by atoms with E-state index < -0.39 is 20.5 Å². The first-order chi connectivity index (χ1) is 9.20. The van der Waals surface area contributed by atoms with E-state index in [1.165, 1.54) is 19.2 Å². The molecule has 106 valence electrons. The monoisotopic (exact) mass is 298 g/mol. The van der Waals surface area contributed by atoms with Crippen molar-refractivity contribution in [1.29, 1.82) is 0 Å². The van der Waals surface area contributed by atoms with Gasteiger partial charge < -0.3 is 4.98 Å². The Bertz CT molecular complexity index is 858. The van der Waals surface area contributed by atoms with Gasteiger partial charge in [0.05, 0.1) is 22.2 Å². The van der Waals surface area contributed by atoms with Gasteiger partial charge in [0, 0.05) is 19.2 Å². The fraction of sp³-hybridized carbons (Fsp3) is 0.200. The topological polar surface area (TPSA) is 126 Å². The Labute approximate surface area is 113 Å². The number of nitrogens with zero attached hydrogens (tertiary/aromatic N) is 3. The molecule has 2 rings (SSSR count). The molecular formula is C10H10N4O5S. The number of nitrogens with one attached hydrogen (secondary N) is 1. The van der Waals surface area contributed by atoms with Gasteiger partial charge in [-0.1, -0.05) is 0 Å². The minimum atomic E-state index is -3.63. The number of hydrogen-bond donors (Lipinski definition) is 1. The number of aromatic nitrogens is 2. The van der Waals surface area contributed by atoms with Gasteiger partial charge >= 0.3 is 0 Å². The quantitative estimate of drug-likeness (QED) is 0.638. The van der Waals surface area contributed by atoms with Gasteiger partial charge in [-0.25, -0.2) is 13.4 Å². The van der Waals surface area contributed by atoms with Crippen LogP contribution in [0.15, 0.2) is 23.0 Å². The lowest BCUT2D eigenvalue weighted by atomic mass is 10.2. The summed E-state index contributed by atoms with van der Waals surface area (Å²) in [5.41, 5.74) is -0.527. The van der Waals surface area contributed by atoms with Gasteiger partial charge in [0.15, 0.2) is 0 Å². The Morgan fingerprint density at radius 1 is 1.40 bits per heavy atom. The van der Waals surface area contributed by atoms with E-state index in [0.717, 1.165) is 16.6 Å². The molecule has 2 aromatic rings. The van der Waals surface area contributed by atoms with Crippen LogP contribution in [-0.2, 0) is 10.0 Å². The van der Waals surface area contributed by atoms with Gasteiger partial charge in [-0.2, -0.15) is 0 Å². The number of aromatic amines is 1. The minimum absolute atomic E-state index is 0.162. The smallest absolute Gasteiger partial charge is 0.292 e. The molecule has 1 aromatic heterocycles. The van der Waals surface area contributed by atoms with E-state index in [-0.39, 0.29) is 22.5 Å². The van der Waals surface area contributed by atoms with E-state index in [1.807, 2.05) is 0 Å². The number of H-pyrrole nitrogens is 1. The molecule has 0 bridgehead atoms. The Morgan fingerprint density at radius 3 is 2.60 bits per heavy atom. The fourth-order valence-electron chi connectivity index (χ4n) is 1.55. The summed E-state index contributed by atoms with van der Waals surface area (Å²) in [5.74, 6) is -0.297. The highest BCUT2D eigenvalue weighted by Gasteiger charge is 2.18. The second-order valence-electron chi connectivity index (χ2n) is 4.08. The van der Waals surface area contributed by atoms with E-state index in [4.69, 9.17) is 0 Å². The lowest BCUT2D eigenvalue weighted by molar-refractivity contribution is -0.384. The number of anilines is 1. The molecule has 9 nitrogen and oxygen atoms in total. The summed E-state index contributed by atoms with van der Waals surface area (Å²) in [6.07, 6.45) is 0.939.